The van der Waals surface area contributed by atoms with Crippen LogP contribution in [0.15, 0.2) is 18.3 Å². The van der Waals surface area contributed by atoms with Crippen molar-refractivity contribution >= 4 is 5.91 Å². The Kier molecular flexibility index (Phi) is 4.07. The molecule has 0 radical (unpaired) electrons. The molecule has 100 valence electrons. The predicted molar refractivity (Wildman–Crippen MR) is 70.5 cm³/mol. The van der Waals surface area contributed by atoms with E-state index in [0.29, 0.717) is 17.7 Å². The second-order valence-corrected chi connectivity index (χ2v) is 5.51. The van der Waals surface area contributed by atoms with Crippen molar-refractivity contribution in [3.05, 3.63) is 24.0 Å². The number of aliphatic hydroxyl groups excluding tert-OH is 1. The Morgan fingerprint density at radius 2 is 2.28 bits per heavy atom. The molecule has 0 spiro atoms. The van der Waals surface area contributed by atoms with Crippen LogP contribution in [0.2, 0.25) is 0 Å². The standard InChI is InChI=1S/C14H22N2O2/c1-10(2)8-11(9-17)15-14(18)13-4-3-7-16(13)12-5-6-12/h3-4,7,10-12,17H,5-6,8-9H2,1-2H3,(H,15,18). The summed E-state index contributed by atoms with van der Waals surface area (Å²) in [6.07, 6.45) is 5.07. The van der Waals surface area contributed by atoms with Crippen LogP contribution >= 0.6 is 0 Å². The third-order valence-electron chi connectivity index (χ3n) is 3.26. The van der Waals surface area contributed by atoms with E-state index in [4.69, 9.17) is 0 Å². The molecule has 1 aliphatic carbocycles. The van der Waals surface area contributed by atoms with Crippen LogP contribution in [0.5, 0.6) is 0 Å². The second-order valence-electron chi connectivity index (χ2n) is 5.51. The molecule has 18 heavy (non-hydrogen) atoms. The lowest BCUT2D eigenvalue weighted by atomic mass is 10.0. The van der Waals surface area contributed by atoms with Gasteiger partial charge in [0.25, 0.3) is 5.91 Å². The minimum Gasteiger partial charge on any atom is -0.394 e. The topological polar surface area (TPSA) is 54.3 Å². The number of amides is 1. The maximum Gasteiger partial charge on any atom is 0.268 e. The van der Waals surface area contributed by atoms with E-state index >= 15 is 0 Å². The SMILES string of the molecule is CC(C)CC(CO)NC(=O)c1cccn1C1CC1. The number of carbonyl (C=O) groups is 1. The number of aliphatic hydroxyl groups is 1. The fourth-order valence-corrected chi connectivity index (χ4v) is 2.26. The van der Waals surface area contributed by atoms with E-state index in [0.717, 1.165) is 19.3 Å². The Morgan fingerprint density at radius 1 is 1.56 bits per heavy atom. The van der Waals surface area contributed by atoms with Gasteiger partial charge in [-0.15, -0.1) is 0 Å². The maximum atomic E-state index is 12.2. The largest absolute Gasteiger partial charge is 0.394 e. The molecule has 2 rings (SSSR count). The van der Waals surface area contributed by atoms with Crippen molar-refractivity contribution < 1.29 is 9.90 Å². The zero-order valence-corrected chi connectivity index (χ0v) is 11.1. The highest BCUT2D eigenvalue weighted by molar-refractivity contribution is 5.93. The van der Waals surface area contributed by atoms with Crippen LogP contribution < -0.4 is 5.32 Å². The van der Waals surface area contributed by atoms with Crippen LogP contribution in [-0.4, -0.2) is 28.2 Å². The molecule has 1 aromatic heterocycles. The van der Waals surface area contributed by atoms with Crippen LogP contribution in [0.3, 0.4) is 0 Å². The van der Waals surface area contributed by atoms with Gasteiger partial charge >= 0.3 is 0 Å². The lowest BCUT2D eigenvalue weighted by Crippen LogP contribution is -2.39. The van der Waals surface area contributed by atoms with Gasteiger partial charge < -0.3 is 15.0 Å². The van der Waals surface area contributed by atoms with Crippen LogP contribution in [0, 0.1) is 5.92 Å². The summed E-state index contributed by atoms with van der Waals surface area (Å²) in [4.78, 5) is 12.2. The first-order valence-corrected chi connectivity index (χ1v) is 6.70. The molecule has 4 nitrogen and oxygen atoms in total. The molecule has 1 unspecified atom stereocenters. The van der Waals surface area contributed by atoms with E-state index in [1.54, 1.807) is 0 Å². The van der Waals surface area contributed by atoms with E-state index in [2.05, 4.69) is 19.2 Å². The molecule has 1 fully saturated rings. The number of aromatic nitrogens is 1. The average molecular weight is 250 g/mol. The Hall–Kier alpha value is -1.29. The minimum atomic E-state index is -0.153. The van der Waals surface area contributed by atoms with Crippen molar-refractivity contribution in [3.8, 4) is 0 Å². The highest BCUT2D eigenvalue weighted by Gasteiger charge is 2.27. The van der Waals surface area contributed by atoms with Gasteiger partial charge in [-0.25, -0.2) is 0 Å². The number of nitrogens with one attached hydrogen (secondary N) is 1. The molecule has 0 aliphatic heterocycles. The monoisotopic (exact) mass is 250 g/mol. The van der Waals surface area contributed by atoms with Gasteiger partial charge in [-0.1, -0.05) is 13.8 Å². The molecule has 0 bridgehead atoms. The lowest BCUT2D eigenvalue weighted by Gasteiger charge is -2.18. The smallest absolute Gasteiger partial charge is 0.268 e. The number of hydrogen-bond acceptors (Lipinski definition) is 2. The number of rotatable bonds is 6. The fraction of sp³-hybridized carbons (Fsp3) is 0.643. The molecular formula is C14H22N2O2. The van der Waals surface area contributed by atoms with Gasteiger partial charge in [-0.2, -0.15) is 0 Å². The van der Waals surface area contributed by atoms with Gasteiger partial charge in [-0.05, 0) is 37.3 Å². The molecule has 1 amide bonds. The summed E-state index contributed by atoms with van der Waals surface area (Å²) in [7, 11) is 0. The Balaban J connectivity index is 1.99. The van der Waals surface area contributed by atoms with Crippen LogP contribution in [-0.2, 0) is 0 Å². The third-order valence-corrected chi connectivity index (χ3v) is 3.26. The molecule has 1 atom stereocenters. The molecule has 1 aliphatic rings. The van der Waals surface area contributed by atoms with Crippen LogP contribution in [0.25, 0.3) is 0 Å². The first kappa shape index (κ1) is 13.1. The summed E-state index contributed by atoms with van der Waals surface area (Å²) in [5.74, 6) is 0.379. The van der Waals surface area contributed by atoms with Crippen molar-refractivity contribution in [2.24, 2.45) is 5.92 Å². The van der Waals surface area contributed by atoms with Gasteiger partial charge in [0.1, 0.15) is 5.69 Å². The Bertz CT molecular complexity index is 408. The number of hydrogen-bond donors (Lipinski definition) is 2. The summed E-state index contributed by atoms with van der Waals surface area (Å²) in [6.45, 7) is 4.16. The van der Waals surface area contributed by atoms with Gasteiger partial charge in [0.15, 0.2) is 0 Å². The van der Waals surface area contributed by atoms with Gasteiger partial charge in [0.05, 0.1) is 12.6 Å². The van der Waals surface area contributed by atoms with Gasteiger partial charge in [0.2, 0.25) is 0 Å². The number of nitrogens with zero attached hydrogens (tertiary/aromatic N) is 1. The highest BCUT2D eigenvalue weighted by Crippen LogP contribution is 2.35. The summed E-state index contributed by atoms with van der Waals surface area (Å²) < 4.78 is 2.04. The summed E-state index contributed by atoms with van der Waals surface area (Å²) >= 11 is 0. The summed E-state index contributed by atoms with van der Waals surface area (Å²) in [5.41, 5.74) is 0.708. The third kappa shape index (κ3) is 3.13. The normalized spacial score (nSPS) is 16.9. The molecule has 2 N–H and O–H groups in total. The number of carbonyl (C=O) groups excluding carboxylic acids is 1. The second kappa shape index (κ2) is 5.57. The molecule has 4 heteroatoms. The Labute approximate surface area is 108 Å². The highest BCUT2D eigenvalue weighted by atomic mass is 16.3. The zero-order valence-electron chi connectivity index (χ0n) is 11.1. The van der Waals surface area contributed by atoms with Crippen molar-refractivity contribution in [2.45, 2.75) is 45.2 Å². The lowest BCUT2D eigenvalue weighted by molar-refractivity contribution is 0.0898. The Morgan fingerprint density at radius 3 is 2.83 bits per heavy atom. The summed E-state index contributed by atoms with van der Waals surface area (Å²) in [5, 5.41) is 12.2. The first-order valence-electron chi connectivity index (χ1n) is 6.70. The average Bonchev–Trinajstić information content (AvgIpc) is 3.05. The molecule has 0 aromatic carbocycles. The van der Waals surface area contributed by atoms with Crippen molar-refractivity contribution in [2.75, 3.05) is 6.61 Å². The van der Waals surface area contributed by atoms with Crippen LogP contribution in [0.4, 0.5) is 0 Å². The van der Waals surface area contributed by atoms with Crippen LogP contribution in [0.1, 0.15) is 49.6 Å². The molecule has 0 saturated heterocycles. The molecular weight excluding hydrogens is 228 g/mol. The summed E-state index contributed by atoms with van der Waals surface area (Å²) in [6, 6.07) is 4.10. The predicted octanol–water partition coefficient (Wildman–Crippen LogP) is 1.96. The zero-order chi connectivity index (χ0) is 13.1. The van der Waals surface area contributed by atoms with E-state index < -0.39 is 0 Å². The molecule has 1 aromatic rings. The van der Waals surface area contributed by atoms with Gasteiger partial charge in [-0.3, -0.25) is 4.79 Å². The van der Waals surface area contributed by atoms with Crippen molar-refractivity contribution in [3.63, 3.8) is 0 Å². The molecule has 1 heterocycles. The first-order chi connectivity index (χ1) is 8.61. The fourth-order valence-electron chi connectivity index (χ4n) is 2.26. The van der Waals surface area contributed by atoms with E-state index in [9.17, 15) is 9.90 Å². The van der Waals surface area contributed by atoms with E-state index in [1.165, 1.54) is 0 Å². The van der Waals surface area contributed by atoms with Gasteiger partial charge in [0, 0.05) is 12.2 Å². The maximum absolute atomic E-state index is 12.2. The molecule has 1 saturated carbocycles. The van der Waals surface area contributed by atoms with Crippen molar-refractivity contribution in [1.82, 2.24) is 9.88 Å². The van der Waals surface area contributed by atoms with E-state index in [1.807, 2.05) is 22.9 Å². The quantitative estimate of drug-likeness (QED) is 0.811. The van der Waals surface area contributed by atoms with E-state index in [-0.39, 0.29) is 18.6 Å². The van der Waals surface area contributed by atoms with Crippen molar-refractivity contribution in [1.29, 1.82) is 0 Å². The minimum absolute atomic E-state index is 0.00590.